The molecule has 0 fully saturated rings. The SMILES string of the molecule is CCCC(CCN)CCCN(C)Cc1ccco1. The van der Waals surface area contributed by atoms with Crippen LogP contribution in [0.25, 0.3) is 0 Å². The maximum absolute atomic E-state index is 5.66. The summed E-state index contributed by atoms with van der Waals surface area (Å²) in [4.78, 5) is 2.32. The fourth-order valence-corrected chi connectivity index (χ4v) is 2.47. The minimum atomic E-state index is 0.817. The molecule has 0 aliphatic rings. The van der Waals surface area contributed by atoms with Crippen molar-refractivity contribution in [2.24, 2.45) is 11.7 Å². The Morgan fingerprint density at radius 2 is 2.17 bits per heavy atom. The van der Waals surface area contributed by atoms with Crippen LogP contribution in [0.3, 0.4) is 0 Å². The minimum absolute atomic E-state index is 0.817. The molecule has 0 aliphatic heterocycles. The van der Waals surface area contributed by atoms with Gasteiger partial charge >= 0.3 is 0 Å². The molecule has 1 aromatic rings. The highest BCUT2D eigenvalue weighted by molar-refractivity contribution is 4.97. The third-order valence-corrected chi connectivity index (χ3v) is 3.43. The normalized spacial score (nSPS) is 13.1. The van der Waals surface area contributed by atoms with Crippen molar-refractivity contribution >= 4 is 0 Å². The summed E-state index contributed by atoms with van der Waals surface area (Å²) in [6.45, 7) is 5.12. The van der Waals surface area contributed by atoms with Crippen LogP contribution in [0.5, 0.6) is 0 Å². The van der Waals surface area contributed by atoms with Gasteiger partial charge in [0.2, 0.25) is 0 Å². The molecule has 0 aromatic carbocycles. The quantitative estimate of drug-likeness (QED) is 0.695. The molecule has 0 saturated carbocycles. The van der Waals surface area contributed by atoms with Crippen LogP contribution in [0.15, 0.2) is 22.8 Å². The van der Waals surface area contributed by atoms with E-state index in [4.69, 9.17) is 10.2 Å². The number of rotatable bonds is 10. The number of hydrogen-bond acceptors (Lipinski definition) is 3. The van der Waals surface area contributed by atoms with Gasteiger partial charge in [-0.1, -0.05) is 19.8 Å². The van der Waals surface area contributed by atoms with Crippen LogP contribution < -0.4 is 5.73 Å². The van der Waals surface area contributed by atoms with E-state index in [9.17, 15) is 0 Å². The van der Waals surface area contributed by atoms with E-state index in [0.717, 1.165) is 31.3 Å². The number of nitrogens with two attached hydrogens (primary N) is 1. The lowest BCUT2D eigenvalue weighted by Gasteiger charge is -2.18. The second kappa shape index (κ2) is 9.17. The fraction of sp³-hybridized carbons (Fsp3) is 0.733. The zero-order valence-electron chi connectivity index (χ0n) is 11.9. The third-order valence-electron chi connectivity index (χ3n) is 3.43. The Kier molecular flexibility index (Phi) is 7.78. The first-order valence-electron chi connectivity index (χ1n) is 7.17. The predicted molar refractivity (Wildman–Crippen MR) is 76.3 cm³/mol. The molecule has 1 heterocycles. The van der Waals surface area contributed by atoms with E-state index in [0.29, 0.717) is 0 Å². The third kappa shape index (κ3) is 6.22. The minimum Gasteiger partial charge on any atom is -0.468 e. The van der Waals surface area contributed by atoms with Gasteiger partial charge in [-0.05, 0) is 57.5 Å². The Morgan fingerprint density at radius 1 is 1.33 bits per heavy atom. The van der Waals surface area contributed by atoms with Crippen molar-refractivity contribution in [3.05, 3.63) is 24.2 Å². The largest absolute Gasteiger partial charge is 0.468 e. The van der Waals surface area contributed by atoms with Crippen LogP contribution in [0, 0.1) is 5.92 Å². The lowest BCUT2D eigenvalue weighted by molar-refractivity contribution is 0.275. The van der Waals surface area contributed by atoms with Crippen LogP contribution >= 0.6 is 0 Å². The first-order valence-corrected chi connectivity index (χ1v) is 7.17. The molecular formula is C15H28N2O. The molecule has 3 heteroatoms. The molecule has 1 unspecified atom stereocenters. The fourth-order valence-electron chi connectivity index (χ4n) is 2.47. The van der Waals surface area contributed by atoms with Crippen LogP contribution in [0.4, 0.5) is 0 Å². The van der Waals surface area contributed by atoms with E-state index in [1.807, 2.05) is 12.1 Å². The Labute approximate surface area is 111 Å². The van der Waals surface area contributed by atoms with Crippen molar-refractivity contribution in [1.29, 1.82) is 0 Å². The van der Waals surface area contributed by atoms with Gasteiger partial charge in [-0.25, -0.2) is 0 Å². The van der Waals surface area contributed by atoms with Gasteiger partial charge in [0.15, 0.2) is 0 Å². The Bertz CT molecular complexity index is 279. The summed E-state index contributed by atoms with van der Waals surface area (Å²) in [5.74, 6) is 1.86. The molecule has 0 saturated heterocycles. The van der Waals surface area contributed by atoms with Crippen molar-refractivity contribution in [2.75, 3.05) is 20.1 Å². The molecule has 0 aliphatic carbocycles. The summed E-state index contributed by atoms with van der Waals surface area (Å²) < 4.78 is 5.35. The predicted octanol–water partition coefficient (Wildman–Crippen LogP) is 3.26. The molecule has 1 rings (SSSR count). The van der Waals surface area contributed by atoms with Crippen molar-refractivity contribution in [3.63, 3.8) is 0 Å². The van der Waals surface area contributed by atoms with Gasteiger partial charge < -0.3 is 10.2 Å². The van der Waals surface area contributed by atoms with Crippen molar-refractivity contribution in [3.8, 4) is 0 Å². The standard InChI is InChI=1S/C15H28N2O/c1-3-6-14(9-10-16)7-4-11-17(2)13-15-8-5-12-18-15/h5,8,12,14H,3-4,6-7,9-11,13,16H2,1-2H3. The highest BCUT2D eigenvalue weighted by Gasteiger charge is 2.08. The molecule has 0 amide bonds. The van der Waals surface area contributed by atoms with Gasteiger partial charge in [-0.3, -0.25) is 4.90 Å². The first-order chi connectivity index (χ1) is 8.76. The molecule has 1 aromatic heterocycles. The van der Waals surface area contributed by atoms with E-state index >= 15 is 0 Å². The van der Waals surface area contributed by atoms with Gasteiger partial charge in [0.1, 0.15) is 5.76 Å². The molecule has 0 spiro atoms. The summed E-state index contributed by atoms with van der Waals surface area (Å²) in [5.41, 5.74) is 5.66. The molecule has 0 bridgehead atoms. The Hall–Kier alpha value is -0.800. The Balaban J connectivity index is 2.15. The number of hydrogen-bond donors (Lipinski definition) is 1. The zero-order chi connectivity index (χ0) is 13.2. The average molecular weight is 252 g/mol. The molecular weight excluding hydrogens is 224 g/mol. The van der Waals surface area contributed by atoms with Crippen LogP contribution in [-0.4, -0.2) is 25.0 Å². The maximum Gasteiger partial charge on any atom is 0.117 e. The molecule has 0 radical (unpaired) electrons. The lowest BCUT2D eigenvalue weighted by Crippen LogP contribution is -2.20. The number of nitrogens with zero attached hydrogens (tertiary/aromatic N) is 1. The second-order valence-corrected chi connectivity index (χ2v) is 5.19. The molecule has 18 heavy (non-hydrogen) atoms. The number of furan rings is 1. The van der Waals surface area contributed by atoms with Gasteiger partial charge in [-0.2, -0.15) is 0 Å². The molecule has 2 N–H and O–H groups in total. The first kappa shape index (κ1) is 15.3. The summed E-state index contributed by atoms with van der Waals surface area (Å²) in [6.07, 6.45) is 8.05. The molecule has 3 nitrogen and oxygen atoms in total. The topological polar surface area (TPSA) is 42.4 Å². The van der Waals surface area contributed by atoms with E-state index < -0.39 is 0 Å². The van der Waals surface area contributed by atoms with Crippen LogP contribution in [0.2, 0.25) is 0 Å². The van der Waals surface area contributed by atoms with Gasteiger partial charge in [0.25, 0.3) is 0 Å². The van der Waals surface area contributed by atoms with Crippen molar-refractivity contribution in [1.82, 2.24) is 4.90 Å². The Morgan fingerprint density at radius 3 is 2.78 bits per heavy atom. The highest BCUT2D eigenvalue weighted by atomic mass is 16.3. The zero-order valence-corrected chi connectivity index (χ0v) is 11.9. The van der Waals surface area contributed by atoms with Gasteiger partial charge in [0, 0.05) is 0 Å². The van der Waals surface area contributed by atoms with Crippen LogP contribution in [-0.2, 0) is 6.54 Å². The monoisotopic (exact) mass is 252 g/mol. The van der Waals surface area contributed by atoms with Crippen molar-refractivity contribution < 1.29 is 4.42 Å². The summed E-state index contributed by atoms with van der Waals surface area (Å²) >= 11 is 0. The highest BCUT2D eigenvalue weighted by Crippen LogP contribution is 2.17. The van der Waals surface area contributed by atoms with Crippen molar-refractivity contribution in [2.45, 2.75) is 45.6 Å². The van der Waals surface area contributed by atoms with Gasteiger partial charge in [0.05, 0.1) is 12.8 Å². The average Bonchev–Trinajstić information content (AvgIpc) is 2.82. The maximum atomic E-state index is 5.66. The second-order valence-electron chi connectivity index (χ2n) is 5.19. The molecule has 1 atom stereocenters. The van der Waals surface area contributed by atoms with E-state index in [1.165, 1.54) is 32.1 Å². The van der Waals surface area contributed by atoms with E-state index in [2.05, 4.69) is 18.9 Å². The molecule has 104 valence electrons. The van der Waals surface area contributed by atoms with Crippen LogP contribution in [0.1, 0.15) is 44.8 Å². The van der Waals surface area contributed by atoms with E-state index in [1.54, 1.807) is 6.26 Å². The van der Waals surface area contributed by atoms with E-state index in [-0.39, 0.29) is 0 Å². The summed E-state index contributed by atoms with van der Waals surface area (Å²) in [7, 11) is 2.15. The summed E-state index contributed by atoms with van der Waals surface area (Å²) in [5, 5.41) is 0. The summed E-state index contributed by atoms with van der Waals surface area (Å²) in [6, 6.07) is 3.98. The smallest absolute Gasteiger partial charge is 0.117 e. The van der Waals surface area contributed by atoms with Gasteiger partial charge in [-0.15, -0.1) is 0 Å². The lowest BCUT2D eigenvalue weighted by atomic mass is 9.94.